The summed E-state index contributed by atoms with van der Waals surface area (Å²) in [5.41, 5.74) is 7.70. The molecule has 6 nitrogen and oxygen atoms in total. The van der Waals surface area contributed by atoms with Crippen LogP contribution in [0.3, 0.4) is 0 Å². The Hall–Kier alpha value is -6.14. The van der Waals surface area contributed by atoms with E-state index in [-0.39, 0.29) is 13.2 Å². The number of ether oxygens (including phenoxy) is 2. The van der Waals surface area contributed by atoms with E-state index in [9.17, 15) is 9.59 Å². The molecule has 6 heteroatoms. The van der Waals surface area contributed by atoms with Gasteiger partial charge in [0.15, 0.2) is 0 Å². The first kappa shape index (κ1) is 31.3. The van der Waals surface area contributed by atoms with Gasteiger partial charge in [0, 0.05) is 46.8 Å². The lowest BCUT2D eigenvalue weighted by atomic mass is 10.1. The van der Waals surface area contributed by atoms with Crippen LogP contribution in [0.1, 0.15) is 16.7 Å². The molecule has 0 heterocycles. The summed E-state index contributed by atoms with van der Waals surface area (Å²) in [5, 5.41) is 0. The summed E-state index contributed by atoms with van der Waals surface area (Å²) in [6.07, 6.45) is 6.47. The molecular weight excluding hydrogens is 572 g/mol. The number of anilines is 5. The Morgan fingerprint density at radius 2 is 0.913 bits per heavy atom. The third kappa shape index (κ3) is 8.27. The van der Waals surface area contributed by atoms with E-state index in [2.05, 4.69) is 83.8 Å². The number of rotatable bonds is 13. The van der Waals surface area contributed by atoms with E-state index in [1.807, 2.05) is 84.9 Å². The van der Waals surface area contributed by atoms with Crippen molar-refractivity contribution < 1.29 is 19.1 Å². The van der Waals surface area contributed by atoms with Crippen LogP contribution >= 0.6 is 0 Å². The zero-order valence-electron chi connectivity index (χ0n) is 25.4. The standard InChI is InChI=1S/C40H34N2O4/c1-3-39(43)45-29-32-17-23-37(24-18-32)42(38-25-19-33(20-26-38)30-46-40(44)4-2)36-21-15-31(16-22-36)27-28-41(34-11-7-5-8-12-34)35-13-9-6-10-14-35/h3-28H,1-2,29-30H2. The van der Waals surface area contributed by atoms with Gasteiger partial charge in [-0.1, -0.05) is 86.0 Å². The first-order valence-corrected chi connectivity index (χ1v) is 14.8. The van der Waals surface area contributed by atoms with E-state index in [0.29, 0.717) is 0 Å². The van der Waals surface area contributed by atoms with Crippen molar-refractivity contribution in [3.63, 3.8) is 0 Å². The molecule has 0 bridgehead atoms. The number of hydrogen-bond donors (Lipinski definition) is 0. The molecule has 0 radical (unpaired) electrons. The second-order valence-corrected chi connectivity index (χ2v) is 10.2. The molecule has 0 saturated heterocycles. The van der Waals surface area contributed by atoms with Crippen molar-refractivity contribution in [1.82, 2.24) is 0 Å². The van der Waals surface area contributed by atoms with Gasteiger partial charge in [-0.3, -0.25) is 0 Å². The van der Waals surface area contributed by atoms with Crippen LogP contribution in [0.25, 0.3) is 6.08 Å². The number of benzene rings is 5. The summed E-state index contributed by atoms with van der Waals surface area (Å²) in [5.74, 6) is -0.927. The molecule has 0 amide bonds. The molecule has 0 aliphatic carbocycles. The van der Waals surface area contributed by atoms with E-state index in [0.717, 1.165) is 57.3 Å². The summed E-state index contributed by atoms with van der Waals surface area (Å²) in [7, 11) is 0. The molecular formula is C40H34N2O4. The van der Waals surface area contributed by atoms with Crippen molar-refractivity contribution in [1.29, 1.82) is 0 Å². The van der Waals surface area contributed by atoms with Crippen LogP contribution in [0.2, 0.25) is 0 Å². The molecule has 46 heavy (non-hydrogen) atoms. The van der Waals surface area contributed by atoms with E-state index in [1.165, 1.54) is 0 Å². The highest BCUT2D eigenvalue weighted by Gasteiger charge is 2.13. The van der Waals surface area contributed by atoms with Crippen molar-refractivity contribution in [2.45, 2.75) is 13.2 Å². The van der Waals surface area contributed by atoms with Crippen LogP contribution < -0.4 is 9.80 Å². The number of carbonyl (C=O) groups is 2. The minimum Gasteiger partial charge on any atom is -0.458 e. The van der Waals surface area contributed by atoms with Gasteiger partial charge in [0.2, 0.25) is 0 Å². The van der Waals surface area contributed by atoms with Crippen LogP contribution in [0.15, 0.2) is 165 Å². The van der Waals surface area contributed by atoms with Gasteiger partial charge in [-0.15, -0.1) is 0 Å². The summed E-state index contributed by atoms with van der Waals surface area (Å²) in [6, 6.07) is 44.5. The molecule has 5 aromatic carbocycles. The number of esters is 2. The first-order chi connectivity index (χ1) is 22.5. The zero-order chi connectivity index (χ0) is 32.1. The van der Waals surface area contributed by atoms with Gasteiger partial charge in [-0.05, 0) is 83.4 Å². The van der Waals surface area contributed by atoms with Gasteiger partial charge in [0.05, 0.1) is 0 Å². The number of hydrogen-bond acceptors (Lipinski definition) is 6. The summed E-state index contributed by atoms with van der Waals surface area (Å²) in [4.78, 5) is 27.3. The van der Waals surface area contributed by atoms with Crippen LogP contribution in [-0.2, 0) is 32.3 Å². The lowest BCUT2D eigenvalue weighted by molar-refractivity contribution is -0.139. The fraction of sp³-hybridized carbons (Fsp3) is 0.0500. The number of para-hydroxylation sites is 2. The van der Waals surface area contributed by atoms with Crippen molar-refractivity contribution >= 4 is 46.5 Å². The summed E-state index contributed by atoms with van der Waals surface area (Å²) < 4.78 is 10.4. The molecule has 0 aromatic heterocycles. The van der Waals surface area contributed by atoms with Crippen molar-refractivity contribution in [3.05, 3.63) is 182 Å². The minimum absolute atomic E-state index is 0.160. The maximum Gasteiger partial charge on any atom is 0.330 e. The lowest BCUT2D eigenvalue weighted by Gasteiger charge is -2.26. The quantitative estimate of drug-likeness (QED) is 0.0983. The summed E-state index contributed by atoms with van der Waals surface area (Å²) >= 11 is 0. The Kier molecular flexibility index (Phi) is 10.6. The fourth-order valence-corrected chi connectivity index (χ4v) is 4.75. The second-order valence-electron chi connectivity index (χ2n) is 10.2. The van der Waals surface area contributed by atoms with Gasteiger partial charge in [-0.2, -0.15) is 0 Å². The highest BCUT2D eigenvalue weighted by Crippen LogP contribution is 2.35. The minimum atomic E-state index is -0.464. The van der Waals surface area contributed by atoms with Crippen LogP contribution in [-0.4, -0.2) is 11.9 Å². The molecule has 0 saturated carbocycles. The highest BCUT2D eigenvalue weighted by molar-refractivity contribution is 5.82. The third-order valence-electron chi connectivity index (χ3n) is 7.12. The van der Waals surface area contributed by atoms with E-state index in [4.69, 9.17) is 9.47 Å². The normalized spacial score (nSPS) is 10.6. The van der Waals surface area contributed by atoms with Crippen LogP contribution in [0.4, 0.5) is 28.4 Å². The molecule has 0 fully saturated rings. The first-order valence-electron chi connectivity index (χ1n) is 14.8. The molecule has 5 rings (SSSR count). The topological polar surface area (TPSA) is 59.1 Å². The lowest BCUT2D eigenvalue weighted by Crippen LogP contribution is -2.10. The Balaban J connectivity index is 1.42. The molecule has 0 aliphatic heterocycles. The van der Waals surface area contributed by atoms with E-state index < -0.39 is 11.9 Å². The Labute approximate surface area is 269 Å². The van der Waals surface area contributed by atoms with Crippen molar-refractivity contribution in [2.24, 2.45) is 0 Å². The van der Waals surface area contributed by atoms with Gasteiger partial charge >= 0.3 is 11.9 Å². The average molecular weight is 607 g/mol. The molecule has 0 aliphatic rings. The van der Waals surface area contributed by atoms with Gasteiger partial charge in [-0.25, -0.2) is 9.59 Å². The Morgan fingerprint density at radius 1 is 0.522 bits per heavy atom. The average Bonchev–Trinajstić information content (AvgIpc) is 3.12. The molecule has 0 N–H and O–H groups in total. The van der Waals surface area contributed by atoms with Crippen molar-refractivity contribution in [3.8, 4) is 0 Å². The molecule has 0 atom stereocenters. The third-order valence-corrected chi connectivity index (χ3v) is 7.12. The van der Waals surface area contributed by atoms with Gasteiger partial charge in [0.25, 0.3) is 0 Å². The Bertz CT molecular complexity index is 1670. The summed E-state index contributed by atoms with van der Waals surface area (Å²) in [6.45, 7) is 7.21. The largest absolute Gasteiger partial charge is 0.458 e. The monoisotopic (exact) mass is 606 g/mol. The van der Waals surface area contributed by atoms with Crippen molar-refractivity contribution in [2.75, 3.05) is 9.80 Å². The maximum absolute atomic E-state index is 11.5. The van der Waals surface area contributed by atoms with Crippen LogP contribution in [0.5, 0.6) is 0 Å². The predicted molar refractivity (Wildman–Crippen MR) is 185 cm³/mol. The second kappa shape index (κ2) is 15.5. The molecule has 0 spiro atoms. The Morgan fingerprint density at radius 3 is 1.30 bits per heavy atom. The molecule has 5 aromatic rings. The smallest absolute Gasteiger partial charge is 0.330 e. The predicted octanol–water partition coefficient (Wildman–Crippen LogP) is 9.42. The molecule has 228 valence electrons. The fourth-order valence-electron chi connectivity index (χ4n) is 4.75. The van der Waals surface area contributed by atoms with Gasteiger partial charge < -0.3 is 19.3 Å². The highest BCUT2D eigenvalue weighted by atomic mass is 16.5. The maximum atomic E-state index is 11.5. The zero-order valence-corrected chi connectivity index (χ0v) is 25.4. The van der Waals surface area contributed by atoms with E-state index >= 15 is 0 Å². The van der Waals surface area contributed by atoms with Crippen LogP contribution in [0, 0.1) is 0 Å². The number of nitrogens with zero attached hydrogens (tertiary/aromatic N) is 2. The molecule has 0 unspecified atom stereocenters. The van der Waals surface area contributed by atoms with E-state index in [1.54, 1.807) is 0 Å². The van der Waals surface area contributed by atoms with Gasteiger partial charge in [0.1, 0.15) is 13.2 Å². The SMILES string of the molecule is C=CC(=O)OCc1ccc(N(c2ccc(C=CN(c3ccccc3)c3ccccc3)cc2)c2ccc(COC(=O)C=C)cc2)cc1. The number of carbonyl (C=O) groups excluding carboxylic acids is 2.